The zero-order chi connectivity index (χ0) is 21.1. The van der Waals surface area contributed by atoms with Crippen LogP contribution in [0.2, 0.25) is 10.0 Å². The molecule has 0 amide bonds. The van der Waals surface area contributed by atoms with E-state index in [0.717, 1.165) is 5.69 Å². The molecule has 0 saturated heterocycles. The summed E-state index contributed by atoms with van der Waals surface area (Å²) in [6.07, 6.45) is 2.26. The molecular formula is C18H24Cl2N4O3S. The van der Waals surface area contributed by atoms with Gasteiger partial charge in [-0.15, -0.1) is 0 Å². The Kier molecular flexibility index (Phi) is 7.14. The summed E-state index contributed by atoms with van der Waals surface area (Å²) in [5, 5.41) is 14.4. The van der Waals surface area contributed by atoms with Crippen LogP contribution >= 0.6 is 23.2 Å². The Morgan fingerprint density at radius 1 is 1.36 bits per heavy atom. The molecule has 154 valence electrons. The van der Waals surface area contributed by atoms with Gasteiger partial charge >= 0.3 is 5.97 Å². The lowest BCUT2D eigenvalue weighted by atomic mass is 9.87. The first kappa shape index (κ1) is 22.7. The van der Waals surface area contributed by atoms with Crippen molar-refractivity contribution in [1.29, 1.82) is 4.78 Å². The van der Waals surface area contributed by atoms with Crippen molar-refractivity contribution in [2.75, 3.05) is 11.5 Å². The van der Waals surface area contributed by atoms with Crippen molar-refractivity contribution in [3.63, 3.8) is 0 Å². The molecule has 2 rings (SSSR count). The number of hydrogen-bond acceptors (Lipinski definition) is 5. The molecule has 2 atom stereocenters. The fraction of sp³-hybridized carbons (Fsp3) is 0.444. The first-order valence-corrected chi connectivity index (χ1v) is 11.3. The van der Waals surface area contributed by atoms with Gasteiger partial charge in [0, 0.05) is 37.9 Å². The highest BCUT2D eigenvalue weighted by atomic mass is 35.5. The molecule has 1 heterocycles. The standard InChI is InChI=1S/C18H24Cl2N4O3S/c1-18(2,7-10-28(22,27)9-6-14(21)17(25)26)16-5-8-24(23-16)15-4-3-12(19)11-13(15)20/h3-5,8,11,14,22H,6-7,9-10,21H2,1-2H3,(H,25,26)/t14-,28?/m0/s1. The topological polar surface area (TPSA) is 122 Å². The van der Waals surface area contributed by atoms with Crippen LogP contribution in [-0.4, -0.2) is 42.6 Å². The number of nitrogens with two attached hydrogens (primary N) is 1. The van der Waals surface area contributed by atoms with Crippen molar-refractivity contribution in [2.24, 2.45) is 5.73 Å². The van der Waals surface area contributed by atoms with Crippen LogP contribution < -0.4 is 5.73 Å². The lowest BCUT2D eigenvalue weighted by molar-refractivity contribution is -0.138. The third-order valence-corrected chi connectivity index (χ3v) is 6.87. The first-order valence-electron chi connectivity index (χ1n) is 8.65. The number of carboxylic acids is 1. The molecule has 0 bridgehead atoms. The summed E-state index contributed by atoms with van der Waals surface area (Å²) in [6, 6.07) is 5.90. The second-order valence-corrected chi connectivity index (χ2v) is 10.6. The van der Waals surface area contributed by atoms with Crippen LogP contribution in [0.3, 0.4) is 0 Å². The van der Waals surface area contributed by atoms with Gasteiger partial charge in [-0.3, -0.25) is 9.57 Å². The van der Waals surface area contributed by atoms with Gasteiger partial charge in [0.05, 0.1) is 16.4 Å². The molecule has 0 saturated carbocycles. The minimum absolute atomic E-state index is 0.0157. The maximum absolute atomic E-state index is 12.5. The summed E-state index contributed by atoms with van der Waals surface area (Å²) in [6.45, 7) is 3.92. The van der Waals surface area contributed by atoms with E-state index in [2.05, 4.69) is 5.10 Å². The van der Waals surface area contributed by atoms with Crippen molar-refractivity contribution in [1.82, 2.24) is 9.78 Å². The maximum atomic E-state index is 12.5. The van der Waals surface area contributed by atoms with Gasteiger partial charge in [0.1, 0.15) is 6.04 Å². The zero-order valence-electron chi connectivity index (χ0n) is 15.7. The lowest BCUT2D eigenvalue weighted by Crippen LogP contribution is -2.33. The molecule has 7 nitrogen and oxygen atoms in total. The third kappa shape index (κ3) is 5.94. The summed E-state index contributed by atoms with van der Waals surface area (Å²) in [4.78, 5) is 10.8. The second-order valence-electron chi connectivity index (χ2n) is 7.33. The molecule has 10 heteroatoms. The number of benzene rings is 1. The molecule has 0 fully saturated rings. The Morgan fingerprint density at radius 3 is 2.64 bits per heavy atom. The van der Waals surface area contributed by atoms with Crippen LogP contribution in [0, 0.1) is 4.78 Å². The molecule has 1 unspecified atom stereocenters. The summed E-state index contributed by atoms with van der Waals surface area (Å²) in [7, 11) is -2.92. The molecule has 0 radical (unpaired) electrons. The number of carbonyl (C=O) groups is 1. The van der Waals surface area contributed by atoms with Crippen molar-refractivity contribution >= 4 is 38.9 Å². The van der Waals surface area contributed by atoms with E-state index < -0.39 is 27.2 Å². The maximum Gasteiger partial charge on any atom is 0.320 e. The molecule has 0 aliphatic carbocycles. The molecule has 2 aromatic rings. The van der Waals surface area contributed by atoms with E-state index in [0.29, 0.717) is 22.2 Å². The Morgan fingerprint density at radius 2 is 2.04 bits per heavy atom. The van der Waals surface area contributed by atoms with E-state index in [4.69, 9.17) is 38.8 Å². The average Bonchev–Trinajstić information content (AvgIpc) is 3.09. The van der Waals surface area contributed by atoms with Gasteiger partial charge < -0.3 is 10.8 Å². The van der Waals surface area contributed by atoms with E-state index in [1.54, 1.807) is 29.1 Å². The van der Waals surface area contributed by atoms with E-state index >= 15 is 0 Å². The highest BCUT2D eigenvalue weighted by Gasteiger charge is 2.26. The second kappa shape index (κ2) is 8.82. The third-order valence-electron chi connectivity index (χ3n) is 4.57. The van der Waals surface area contributed by atoms with Crippen LogP contribution in [0.4, 0.5) is 0 Å². The fourth-order valence-corrected chi connectivity index (χ4v) is 4.75. The predicted octanol–water partition coefficient (Wildman–Crippen LogP) is 3.70. The molecule has 4 N–H and O–H groups in total. The van der Waals surface area contributed by atoms with Crippen molar-refractivity contribution in [2.45, 2.75) is 38.1 Å². The molecule has 0 aliphatic heterocycles. The SMILES string of the molecule is CC(C)(CCS(=N)(=O)CC[C@H](N)C(=O)O)c1ccn(-c2ccc(Cl)cc2Cl)n1. The first-order chi connectivity index (χ1) is 12.9. The number of carboxylic acid groups (broad SMARTS) is 1. The Balaban J connectivity index is 2.07. The zero-order valence-corrected chi connectivity index (χ0v) is 18.0. The van der Waals surface area contributed by atoms with Crippen molar-refractivity contribution in [3.8, 4) is 5.69 Å². The van der Waals surface area contributed by atoms with E-state index in [1.807, 2.05) is 19.9 Å². The van der Waals surface area contributed by atoms with Crippen LogP contribution in [0.15, 0.2) is 30.5 Å². The quantitative estimate of drug-likeness (QED) is 0.541. The monoisotopic (exact) mass is 446 g/mol. The Bertz CT molecular complexity index is 957. The van der Waals surface area contributed by atoms with Crippen LogP contribution in [0.1, 0.15) is 32.4 Å². The molecule has 0 aliphatic rings. The minimum atomic E-state index is -2.92. The number of aliphatic carboxylic acids is 1. The highest BCUT2D eigenvalue weighted by molar-refractivity contribution is 7.92. The summed E-state index contributed by atoms with van der Waals surface area (Å²) < 4.78 is 22.1. The van der Waals surface area contributed by atoms with Crippen LogP contribution in [0.5, 0.6) is 0 Å². The number of aromatic nitrogens is 2. The number of nitrogens with one attached hydrogen (secondary N) is 1. The van der Waals surface area contributed by atoms with E-state index in [9.17, 15) is 9.00 Å². The van der Waals surface area contributed by atoms with Crippen molar-refractivity contribution in [3.05, 3.63) is 46.2 Å². The normalized spacial score (nSPS) is 15.2. The molecule has 1 aromatic carbocycles. The van der Waals surface area contributed by atoms with Gasteiger partial charge in [-0.05, 0) is 37.1 Å². The molecular weight excluding hydrogens is 423 g/mol. The highest BCUT2D eigenvalue weighted by Crippen LogP contribution is 2.29. The number of hydrogen-bond donors (Lipinski definition) is 3. The smallest absolute Gasteiger partial charge is 0.320 e. The Labute approximate surface area is 174 Å². The number of halogens is 2. The largest absolute Gasteiger partial charge is 0.480 e. The fourth-order valence-electron chi connectivity index (χ4n) is 2.58. The average molecular weight is 447 g/mol. The van der Waals surface area contributed by atoms with Crippen molar-refractivity contribution < 1.29 is 14.1 Å². The number of rotatable bonds is 9. The summed E-state index contributed by atoms with van der Waals surface area (Å²) in [5.74, 6) is -1.05. The minimum Gasteiger partial charge on any atom is -0.480 e. The lowest BCUT2D eigenvalue weighted by Gasteiger charge is -2.23. The summed E-state index contributed by atoms with van der Waals surface area (Å²) >= 11 is 12.2. The van der Waals surface area contributed by atoms with E-state index in [1.165, 1.54) is 0 Å². The summed E-state index contributed by atoms with van der Waals surface area (Å²) in [5.41, 5.74) is 6.48. The predicted molar refractivity (Wildman–Crippen MR) is 112 cm³/mol. The number of nitrogens with zero attached hydrogens (tertiary/aromatic N) is 2. The molecule has 0 spiro atoms. The van der Waals surface area contributed by atoms with Gasteiger partial charge in [-0.2, -0.15) is 5.10 Å². The van der Waals surface area contributed by atoms with Crippen LogP contribution in [0.25, 0.3) is 5.69 Å². The van der Waals surface area contributed by atoms with Gasteiger partial charge in [0.15, 0.2) is 0 Å². The molecule has 1 aromatic heterocycles. The van der Waals surface area contributed by atoms with Gasteiger partial charge in [-0.25, -0.2) is 8.89 Å². The van der Waals surface area contributed by atoms with Crippen LogP contribution in [-0.2, 0) is 19.9 Å². The van der Waals surface area contributed by atoms with E-state index in [-0.39, 0.29) is 17.9 Å². The van der Waals surface area contributed by atoms with Gasteiger partial charge in [0.2, 0.25) is 0 Å². The Hall–Kier alpha value is -1.61. The van der Waals surface area contributed by atoms with Gasteiger partial charge in [-0.1, -0.05) is 37.0 Å². The van der Waals surface area contributed by atoms with Gasteiger partial charge in [0.25, 0.3) is 0 Å². The molecule has 28 heavy (non-hydrogen) atoms.